The summed E-state index contributed by atoms with van der Waals surface area (Å²) < 4.78 is 32.1. The molecule has 0 atom stereocenters. The molecule has 9 heteroatoms. The van der Waals surface area contributed by atoms with Gasteiger partial charge in [-0.15, -0.1) is 0 Å². The highest BCUT2D eigenvalue weighted by Gasteiger charge is 2.28. The van der Waals surface area contributed by atoms with Crippen molar-refractivity contribution in [2.24, 2.45) is 0 Å². The van der Waals surface area contributed by atoms with Crippen molar-refractivity contribution in [1.29, 1.82) is 5.26 Å². The van der Waals surface area contributed by atoms with Crippen molar-refractivity contribution >= 4 is 21.8 Å². The first-order valence-electron chi connectivity index (χ1n) is 6.50. The van der Waals surface area contributed by atoms with E-state index in [9.17, 15) is 13.7 Å². The molecule has 0 saturated carbocycles. The second kappa shape index (κ2) is 6.20. The van der Waals surface area contributed by atoms with Gasteiger partial charge >= 0.3 is 10.2 Å². The standard InChI is InChI=1S/C14H15ClN4O3S/c1-9-7-10(5-6-11(9)22-4)13-14(15)17-12(8-16)19(13)23(20,21)18(2)3/h5-7H,1-4H3. The van der Waals surface area contributed by atoms with Crippen molar-refractivity contribution in [3.05, 3.63) is 34.7 Å². The monoisotopic (exact) mass is 354 g/mol. The van der Waals surface area contributed by atoms with E-state index in [-0.39, 0.29) is 16.7 Å². The molecule has 0 fully saturated rings. The predicted molar refractivity (Wildman–Crippen MR) is 86.7 cm³/mol. The molecule has 0 aliphatic heterocycles. The van der Waals surface area contributed by atoms with Gasteiger partial charge in [0.05, 0.1) is 7.11 Å². The molecule has 0 bridgehead atoms. The van der Waals surface area contributed by atoms with Crippen molar-refractivity contribution in [1.82, 2.24) is 13.3 Å². The van der Waals surface area contributed by atoms with Crippen LogP contribution in [0.5, 0.6) is 5.75 Å². The van der Waals surface area contributed by atoms with Gasteiger partial charge in [0.25, 0.3) is 0 Å². The van der Waals surface area contributed by atoms with E-state index >= 15 is 0 Å². The molecule has 0 aliphatic rings. The van der Waals surface area contributed by atoms with Crippen LogP contribution in [0.25, 0.3) is 11.3 Å². The molecule has 23 heavy (non-hydrogen) atoms. The van der Waals surface area contributed by atoms with Crippen molar-refractivity contribution in [3.63, 3.8) is 0 Å². The van der Waals surface area contributed by atoms with Gasteiger partial charge in [0.2, 0.25) is 5.82 Å². The number of nitriles is 1. The minimum Gasteiger partial charge on any atom is -0.496 e. The smallest absolute Gasteiger partial charge is 0.309 e. The van der Waals surface area contributed by atoms with Gasteiger partial charge in [0.15, 0.2) is 5.15 Å². The minimum absolute atomic E-state index is 0.0588. The molecule has 1 aromatic heterocycles. The third-order valence-corrected chi connectivity index (χ3v) is 5.26. The number of rotatable bonds is 4. The number of benzene rings is 1. The van der Waals surface area contributed by atoms with Crippen LogP contribution in [-0.4, -0.2) is 42.9 Å². The van der Waals surface area contributed by atoms with Gasteiger partial charge in [-0.1, -0.05) is 11.6 Å². The third kappa shape index (κ3) is 2.91. The number of aryl methyl sites for hydroxylation is 1. The number of hydrogen-bond donors (Lipinski definition) is 0. The minimum atomic E-state index is -3.96. The van der Waals surface area contributed by atoms with Crippen LogP contribution < -0.4 is 4.74 Å². The quantitative estimate of drug-likeness (QED) is 0.838. The summed E-state index contributed by atoms with van der Waals surface area (Å²) in [5.74, 6) is 0.360. The van der Waals surface area contributed by atoms with Crippen LogP contribution in [0.15, 0.2) is 18.2 Å². The normalized spacial score (nSPS) is 11.5. The maximum absolute atomic E-state index is 12.5. The van der Waals surface area contributed by atoms with Crippen molar-refractivity contribution in [3.8, 4) is 23.1 Å². The summed E-state index contributed by atoms with van der Waals surface area (Å²) in [4.78, 5) is 3.86. The van der Waals surface area contributed by atoms with E-state index in [1.54, 1.807) is 31.4 Å². The molecule has 0 aliphatic carbocycles. The summed E-state index contributed by atoms with van der Waals surface area (Å²) in [6.07, 6.45) is 0. The zero-order valence-electron chi connectivity index (χ0n) is 13.0. The van der Waals surface area contributed by atoms with Crippen LogP contribution in [0.1, 0.15) is 11.4 Å². The summed E-state index contributed by atoms with van der Waals surface area (Å²) in [6.45, 7) is 1.82. The summed E-state index contributed by atoms with van der Waals surface area (Å²) in [5.41, 5.74) is 1.46. The number of halogens is 1. The molecule has 0 N–H and O–H groups in total. The largest absolute Gasteiger partial charge is 0.496 e. The number of hydrogen-bond acceptors (Lipinski definition) is 5. The molecule has 1 aromatic carbocycles. The van der Waals surface area contributed by atoms with E-state index < -0.39 is 10.2 Å². The Labute approximate surface area is 139 Å². The fraction of sp³-hybridized carbons (Fsp3) is 0.286. The van der Waals surface area contributed by atoms with Crippen LogP contribution in [0.3, 0.4) is 0 Å². The first-order chi connectivity index (χ1) is 10.7. The van der Waals surface area contributed by atoms with E-state index in [0.29, 0.717) is 11.3 Å². The van der Waals surface area contributed by atoms with Crippen LogP contribution >= 0.6 is 11.6 Å². The van der Waals surface area contributed by atoms with E-state index in [4.69, 9.17) is 16.3 Å². The van der Waals surface area contributed by atoms with Gasteiger partial charge in [0.1, 0.15) is 17.5 Å². The molecule has 0 unspecified atom stereocenters. The Morgan fingerprint density at radius 1 is 1.39 bits per heavy atom. The second-order valence-corrected chi connectivity index (χ2v) is 7.27. The number of aromatic nitrogens is 2. The Bertz CT molecular complexity index is 897. The fourth-order valence-electron chi connectivity index (χ4n) is 2.10. The van der Waals surface area contributed by atoms with Gasteiger partial charge in [-0.3, -0.25) is 0 Å². The van der Waals surface area contributed by atoms with Crippen LogP contribution in [0.4, 0.5) is 0 Å². The highest BCUT2D eigenvalue weighted by Crippen LogP contribution is 2.33. The van der Waals surface area contributed by atoms with Crippen LogP contribution in [-0.2, 0) is 10.2 Å². The average Bonchev–Trinajstić information content (AvgIpc) is 2.84. The third-order valence-electron chi connectivity index (χ3n) is 3.26. The van der Waals surface area contributed by atoms with Crippen LogP contribution in [0, 0.1) is 18.3 Å². The Morgan fingerprint density at radius 2 is 2.04 bits per heavy atom. The topological polar surface area (TPSA) is 88.2 Å². The molecule has 122 valence electrons. The Morgan fingerprint density at radius 3 is 2.52 bits per heavy atom. The summed E-state index contributed by atoms with van der Waals surface area (Å²) in [6, 6.07) is 6.85. The molecule has 0 saturated heterocycles. The van der Waals surface area contributed by atoms with Gasteiger partial charge in [-0.05, 0) is 30.7 Å². The average molecular weight is 355 g/mol. The lowest BCUT2D eigenvalue weighted by Gasteiger charge is -2.16. The van der Waals surface area contributed by atoms with E-state index in [0.717, 1.165) is 13.8 Å². The highest BCUT2D eigenvalue weighted by molar-refractivity contribution is 7.87. The Balaban J connectivity index is 2.81. The van der Waals surface area contributed by atoms with Gasteiger partial charge in [-0.25, -0.2) is 4.98 Å². The number of ether oxygens (including phenoxy) is 1. The highest BCUT2D eigenvalue weighted by atomic mass is 35.5. The first-order valence-corrected chi connectivity index (χ1v) is 8.28. The lowest BCUT2D eigenvalue weighted by Crippen LogP contribution is -2.30. The maximum atomic E-state index is 12.5. The first kappa shape index (κ1) is 17.3. The zero-order valence-corrected chi connectivity index (χ0v) is 14.6. The van der Waals surface area contributed by atoms with E-state index in [2.05, 4.69) is 4.98 Å². The Hall–Kier alpha value is -2.08. The van der Waals surface area contributed by atoms with Gasteiger partial charge in [-0.2, -0.15) is 22.0 Å². The SMILES string of the molecule is COc1ccc(-c2c(Cl)nc(C#N)n2S(=O)(=O)N(C)C)cc1C. The predicted octanol–water partition coefficient (Wildman–Crippen LogP) is 2.05. The summed E-state index contributed by atoms with van der Waals surface area (Å²) in [5, 5.41) is 9.13. The van der Waals surface area contributed by atoms with Crippen molar-refractivity contribution < 1.29 is 13.2 Å². The van der Waals surface area contributed by atoms with Gasteiger partial charge < -0.3 is 4.74 Å². The molecular weight excluding hydrogens is 340 g/mol. The molecule has 1 heterocycles. The van der Waals surface area contributed by atoms with Crippen molar-refractivity contribution in [2.75, 3.05) is 21.2 Å². The molecule has 0 spiro atoms. The number of imidazole rings is 1. The maximum Gasteiger partial charge on any atom is 0.309 e. The molecule has 7 nitrogen and oxygen atoms in total. The summed E-state index contributed by atoms with van der Waals surface area (Å²) in [7, 11) is 0.325. The molecule has 2 aromatic rings. The lowest BCUT2D eigenvalue weighted by molar-refractivity contribution is 0.412. The number of nitrogens with zero attached hydrogens (tertiary/aromatic N) is 4. The second-order valence-electron chi connectivity index (χ2n) is 4.93. The zero-order chi connectivity index (χ0) is 17.4. The number of methoxy groups -OCH3 is 1. The Kier molecular flexibility index (Phi) is 4.66. The molecule has 0 radical (unpaired) electrons. The van der Waals surface area contributed by atoms with Crippen LogP contribution in [0.2, 0.25) is 5.15 Å². The van der Waals surface area contributed by atoms with E-state index in [1.165, 1.54) is 14.1 Å². The van der Waals surface area contributed by atoms with Gasteiger partial charge in [0, 0.05) is 19.7 Å². The molecule has 2 rings (SSSR count). The molecular formula is C14H15ClN4O3S. The lowest BCUT2D eigenvalue weighted by atomic mass is 10.1. The van der Waals surface area contributed by atoms with E-state index in [1.807, 2.05) is 6.92 Å². The van der Waals surface area contributed by atoms with Crippen molar-refractivity contribution in [2.45, 2.75) is 6.92 Å². The fourth-order valence-corrected chi connectivity index (χ4v) is 3.47. The summed E-state index contributed by atoms with van der Waals surface area (Å²) >= 11 is 6.10. The molecule has 0 amide bonds.